The number of urea groups is 1. The number of nitrogens with zero attached hydrogens (tertiary/aromatic N) is 2. The van der Waals surface area contributed by atoms with Gasteiger partial charge in [-0.15, -0.1) is 0 Å². The Hall–Kier alpha value is -3.03. The fourth-order valence-electron chi connectivity index (χ4n) is 1.95. The van der Waals surface area contributed by atoms with E-state index in [4.69, 9.17) is 0 Å². The summed E-state index contributed by atoms with van der Waals surface area (Å²) in [6.07, 6.45) is 4.68. The number of rotatable bonds is 5. The van der Waals surface area contributed by atoms with Crippen LogP contribution >= 0.6 is 0 Å². The molecule has 0 unspecified atom stereocenters. The first-order valence-corrected chi connectivity index (χ1v) is 7.05. The summed E-state index contributed by atoms with van der Waals surface area (Å²) in [7, 11) is 1.29. The maximum absolute atomic E-state index is 11.9. The molecule has 0 radical (unpaired) electrons. The highest BCUT2D eigenvalue weighted by Crippen LogP contribution is 2.13. The van der Waals surface area contributed by atoms with Crippen molar-refractivity contribution in [2.24, 2.45) is 0 Å². The number of carbonyl (C=O) groups is 2. The van der Waals surface area contributed by atoms with Gasteiger partial charge in [0, 0.05) is 36.4 Å². The summed E-state index contributed by atoms with van der Waals surface area (Å²) in [5.41, 5.74) is 1.20. The van der Waals surface area contributed by atoms with Crippen molar-refractivity contribution in [3.05, 3.63) is 43.0 Å². The molecule has 1 atom stereocenters. The van der Waals surface area contributed by atoms with E-state index in [9.17, 15) is 9.59 Å². The van der Waals surface area contributed by atoms with Crippen molar-refractivity contribution in [1.29, 1.82) is 0 Å². The Morgan fingerprint density at radius 1 is 1.22 bits per heavy atom. The molecule has 1 aromatic heterocycles. The van der Waals surface area contributed by atoms with E-state index in [2.05, 4.69) is 25.7 Å². The van der Waals surface area contributed by atoms with Crippen molar-refractivity contribution in [2.45, 2.75) is 19.5 Å². The SMILES string of the molecule is COC(=O)Nc1ccc(NC(=O)N[C@@H](C)Cn2ccnc2)cc1. The Labute approximate surface area is 133 Å². The van der Waals surface area contributed by atoms with E-state index >= 15 is 0 Å². The van der Waals surface area contributed by atoms with Crippen molar-refractivity contribution in [3.63, 3.8) is 0 Å². The highest BCUT2D eigenvalue weighted by Gasteiger charge is 2.08. The molecule has 23 heavy (non-hydrogen) atoms. The van der Waals surface area contributed by atoms with Gasteiger partial charge in [0.1, 0.15) is 0 Å². The van der Waals surface area contributed by atoms with Crippen LogP contribution in [0.4, 0.5) is 21.0 Å². The van der Waals surface area contributed by atoms with E-state index in [0.29, 0.717) is 17.9 Å². The van der Waals surface area contributed by atoms with Gasteiger partial charge in [0.2, 0.25) is 0 Å². The molecule has 0 saturated heterocycles. The molecule has 0 saturated carbocycles. The average Bonchev–Trinajstić information content (AvgIpc) is 3.01. The molecule has 122 valence electrons. The molecule has 2 rings (SSSR count). The molecular formula is C15H19N5O3. The van der Waals surface area contributed by atoms with E-state index in [-0.39, 0.29) is 12.1 Å². The fourth-order valence-corrected chi connectivity index (χ4v) is 1.95. The third-order valence-electron chi connectivity index (χ3n) is 3.00. The molecule has 0 aliphatic heterocycles. The maximum atomic E-state index is 11.9. The number of nitrogens with one attached hydrogen (secondary N) is 3. The summed E-state index contributed by atoms with van der Waals surface area (Å²) >= 11 is 0. The Bertz CT molecular complexity index is 640. The number of methoxy groups -OCH3 is 1. The molecular weight excluding hydrogens is 298 g/mol. The summed E-state index contributed by atoms with van der Waals surface area (Å²) in [6, 6.07) is 6.36. The van der Waals surface area contributed by atoms with Crippen LogP contribution in [0.2, 0.25) is 0 Å². The molecule has 3 N–H and O–H groups in total. The van der Waals surface area contributed by atoms with Crippen molar-refractivity contribution in [3.8, 4) is 0 Å². The van der Waals surface area contributed by atoms with Gasteiger partial charge in [-0.05, 0) is 31.2 Å². The molecule has 8 heteroatoms. The van der Waals surface area contributed by atoms with Crippen molar-refractivity contribution >= 4 is 23.5 Å². The van der Waals surface area contributed by atoms with Crippen LogP contribution in [-0.4, -0.2) is 34.8 Å². The zero-order chi connectivity index (χ0) is 16.7. The molecule has 1 heterocycles. The van der Waals surface area contributed by atoms with Crippen LogP contribution < -0.4 is 16.0 Å². The summed E-state index contributed by atoms with van der Waals surface area (Å²) in [6.45, 7) is 2.54. The Morgan fingerprint density at radius 3 is 2.43 bits per heavy atom. The number of amides is 3. The molecule has 0 fully saturated rings. The molecule has 1 aromatic carbocycles. The first kappa shape index (κ1) is 16.3. The third-order valence-corrected chi connectivity index (χ3v) is 3.00. The summed E-state index contributed by atoms with van der Waals surface area (Å²) in [5, 5.41) is 8.09. The molecule has 0 aliphatic rings. The topological polar surface area (TPSA) is 97.3 Å². The van der Waals surface area contributed by atoms with Crippen molar-refractivity contribution in [1.82, 2.24) is 14.9 Å². The van der Waals surface area contributed by atoms with Crippen LogP contribution in [0.1, 0.15) is 6.92 Å². The zero-order valence-electron chi connectivity index (χ0n) is 12.9. The van der Waals surface area contributed by atoms with Gasteiger partial charge in [-0.3, -0.25) is 5.32 Å². The van der Waals surface area contributed by atoms with Gasteiger partial charge in [0.15, 0.2) is 0 Å². The summed E-state index contributed by atoms with van der Waals surface area (Å²) in [4.78, 5) is 27.0. The van der Waals surface area contributed by atoms with Gasteiger partial charge in [0.05, 0.1) is 13.4 Å². The van der Waals surface area contributed by atoms with Gasteiger partial charge >= 0.3 is 12.1 Å². The predicted molar refractivity (Wildman–Crippen MR) is 86.3 cm³/mol. The molecule has 3 amide bonds. The van der Waals surface area contributed by atoms with Gasteiger partial charge in [-0.25, -0.2) is 14.6 Å². The second-order valence-corrected chi connectivity index (χ2v) is 4.95. The minimum absolute atomic E-state index is 0.0514. The number of hydrogen-bond donors (Lipinski definition) is 3. The molecule has 8 nitrogen and oxygen atoms in total. The largest absolute Gasteiger partial charge is 0.453 e. The highest BCUT2D eigenvalue weighted by atomic mass is 16.5. The number of ether oxygens (including phenoxy) is 1. The first-order valence-electron chi connectivity index (χ1n) is 7.05. The smallest absolute Gasteiger partial charge is 0.411 e. The lowest BCUT2D eigenvalue weighted by Crippen LogP contribution is -2.38. The number of imidazole rings is 1. The maximum Gasteiger partial charge on any atom is 0.411 e. The number of anilines is 2. The standard InChI is InChI=1S/C15H19N5O3/c1-11(9-20-8-7-16-10-20)17-14(21)18-12-3-5-13(6-4-12)19-15(22)23-2/h3-8,10-11H,9H2,1-2H3,(H,19,22)(H2,17,18,21)/t11-/m0/s1. The van der Waals surface area contributed by atoms with Crippen molar-refractivity contribution < 1.29 is 14.3 Å². The van der Waals surface area contributed by atoms with Crippen LogP contribution in [0.25, 0.3) is 0 Å². The Kier molecular flexibility index (Phi) is 5.56. The van der Waals surface area contributed by atoms with Crippen LogP contribution in [0.3, 0.4) is 0 Å². The second-order valence-electron chi connectivity index (χ2n) is 4.95. The normalized spacial score (nSPS) is 11.4. The van der Waals surface area contributed by atoms with Crippen LogP contribution in [0.15, 0.2) is 43.0 Å². The van der Waals surface area contributed by atoms with Crippen molar-refractivity contribution in [2.75, 3.05) is 17.7 Å². The minimum Gasteiger partial charge on any atom is -0.453 e. The molecule has 0 bridgehead atoms. The van der Waals surface area contributed by atoms with Gasteiger partial charge < -0.3 is 19.9 Å². The zero-order valence-corrected chi connectivity index (χ0v) is 12.9. The Morgan fingerprint density at radius 2 is 1.87 bits per heavy atom. The highest BCUT2D eigenvalue weighted by molar-refractivity contribution is 5.90. The monoisotopic (exact) mass is 317 g/mol. The van der Waals surface area contributed by atoms with Gasteiger partial charge in [-0.1, -0.05) is 0 Å². The van der Waals surface area contributed by atoms with E-state index in [1.54, 1.807) is 36.8 Å². The van der Waals surface area contributed by atoms with Crippen LogP contribution in [0, 0.1) is 0 Å². The number of benzene rings is 1. The van der Waals surface area contributed by atoms with E-state index < -0.39 is 6.09 Å². The number of carbonyl (C=O) groups excluding carboxylic acids is 2. The lowest BCUT2D eigenvalue weighted by molar-refractivity contribution is 0.187. The first-order chi connectivity index (χ1) is 11.1. The average molecular weight is 317 g/mol. The quantitative estimate of drug-likeness (QED) is 0.788. The molecule has 0 aliphatic carbocycles. The summed E-state index contributed by atoms with van der Waals surface area (Å²) < 4.78 is 6.39. The lowest BCUT2D eigenvalue weighted by Gasteiger charge is -2.15. The van der Waals surface area contributed by atoms with Crippen LogP contribution in [0.5, 0.6) is 0 Å². The Balaban J connectivity index is 1.81. The van der Waals surface area contributed by atoms with Gasteiger partial charge in [-0.2, -0.15) is 0 Å². The predicted octanol–water partition coefficient (Wildman–Crippen LogP) is 2.27. The molecule has 2 aromatic rings. The minimum atomic E-state index is -0.545. The fraction of sp³-hybridized carbons (Fsp3) is 0.267. The molecule has 0 spiro atoms. The summed E-state index contributed by atoms with van der Waals surface area (Å²) in [5.74, 6) is 0. The van der Waals surface area contributed by atoms with Crippen LogP contribution in [-0.2, 0) is 11.3 Å². The second kappa shape index (κ2) is 7.83. The van der Waals surface area contributed by atoms with E-state index in [1.165, 1.54) is 7.11 Å². The van der Waals surface area contributed by atoms with E-state index in [0.717, 1.165) is 0 Å². The number of aromatic nitrogens is 2. The van der Waals surface area contributed by atoms with E-state index in [1.807, 2.05) is 17.7 Å². The number of hydrogen-bond acceptors (Lipinski definition) is 4. The lowest BCUT2D eigenvalue weighted by atomic mass is 10.3. The van der Waals surface area contributed by atoms with Gasteiger partial charge in [0.25, 0.3) is 0 Å². The third kappa shape index (κ3) is 5.34.